The van der Waals surface area contributed by atoms with Gasteiger partial charge in [-0.1, -0.05) is 32.9 Å². The van der Waals surface area contributed by atoms with Crippen LogP contribution in [0.3, 0.4) is 0 Å². The van der Waals surface area contributed by atoms with Crippen molar-refractivity contribution in [3.8, 4) is 0 Å². The van der Waals surface area contributed by atoms with E-state index in [1.165, 1.54) is 0 Å². The maximum atomic E-state index is 5.69. The molecular weight excluding hydrogens is 174 g/mol. The van der Waals surface area contributed by atoms with E-state index in [1.807, 2.05) is 0 Å². The van der Waals surface area contributed by atoms with Crippen LogP contribution in [0, 0.1) is 0 Å². The van der Waals surface area contributed by atoms with Gasteiger partial charge in [-0.3, -0.25) is 0 Å². The van der Waals surface area contributed by atoms with Crippen LogP contribution in [0.5, 0.6) is 0 Å². The Bertz CT molecular complexity index is 165. The van der Waals surface area contributed by atoms with Gasteiger partial charge in [0.05, 0.1) is 11.6 Å². The summed E-state index contributed by atoms with van der Waals surface area (Å²) in [6, 6.07) is 0.257. The Morgan fingerprint density at radius 1 is 1.36 bits per heavy atom. The van der Waals surface area contributed by atoms with Gasteiger partial charge in [-0.05, 0) is 26.3 Å². The molecule has 0 radical (unpaired) electrons. The first-order valence-electron chi connectivity index (χ1n) is 5.51. The third-order valence-electron chi connectivity index (χ3n) is 3.03. The van der Waals surface area contributed by atoms with Crippen LogP contribution < -0.4 is 5.32 Å². The van der Waals surface area contributed by atoms with Crippen molar-refractivity contribution in [2.24, 2.45) is 0 Å². The van der Waals surface area contributed by atoms with E-state index in [-0.39, 0.29) is 11.6 Å². The van der Waals surface area contributed by atoms with Crippen molar-refractivity contribution in [1.82, 2.24) is 5.32 Å². The SMILES string of the molecule is C=C(C)C(NCC)C(CC)(CC)OC. The second-order valence-electron chi connectivity index (χ2n) is 3.81. The number of hydrogen-bond donors (Lipinski definition) is 1. The average molecular weight is 199 g/mol. The fraction of sp³-hybridized carbons (Fsp3) is 0.833. The first kappa shape index (κ1) is 13.7. The molecule has 2 heteroatoms. The predicted octanol–water partition coefficient (Wildman–Crippen LogP) is 2.75. The molecule has 0 aromatic rings. The average Bonchev–Trinajstić information content (AvgIpc) is 2.19. The van der Waals surface area contributed by atoms with Crippen LogP contribution in [0.25, 0.3) is 0 Å². The minimum absolute atomic E-state index is 0.0954. The van der Waals surface area contributed by atoms with Crippen molar-refractivity contribution in [2.75, 3.05) is 13.7 Å². The summed E-state index contributed by atoms with van der Waals surface area (Å²) in [6.07, 6.45) is 2.01. The standard InChI is InChI=1S/C12H25NO/c1-7-12(8-2,14-6)11(10(4)5)13-9-3/h11,13H,4,7-9H2,1-3,5-6H3. The summed E-state index contributed by atoms with van der Waals surface area (Å²) >= 11 is 0. The minimum Gasteiger partial charge on any atom is -0.376 e. The van der Waals surface area contributed by atoms with Crippen LogP contribution in [-0.2, 0) is 4.74 Å². The summed E-state index contributed by atoms with van der Waals surface area (Å²) in [4.78, 5) is 0. The van der Waals surface area contributed by atoms with Gasteiger partial charge >= 0.3 is 0 Å². The number of nitrogens with one attached hydrogen (secondary N) is 1. The van der Waals surface area contributed by atoms with Gasteiger partial charge in [0, 0.05) is 7.11 Å². The maximum Gasteiger partial charge on any atom is 0.0863 e. The van der Waals surface area contributed by atoms with E-state index in [0.29, 0.717) is 0 Å². The Balaban J connectivity index is 4.79. The Hall–Kier alpha value is -0.340. The van der Waals surface area contributed by atoms with E-state index in [9.17, 15) is 0 Å². The topological polar surface area (TPSA) is 21.3 Å². The van der Waals surface area contributed by atoms with Crippen molar-refractivity contribution in [3.63, 3.8) is 0 Å². The third kappa shape index (κ3) is 2.82. The zero-order chi connectivity index (χ0) is 11.2. The zero-order valence-electron chi connectivity index (χ0n) is 10.3. The number of hydrogen-bond acceptors (Lipinski definition) is 2. The second-order valence-corrected chi connectivity index (χ2v) is 3.81. The van der Waals surface area contributed by atoms with Gasteiger partial charge in [-0.15, -0.1) is 0 Å². The van der Waals surface area contributed by atoms with Crippen LogP contribution in [0.2, 0.25) is 0 Å². The van der Waals surface area contributed by atoms with E-state index >= 15 is 0 Å². The van der Waals surface area contributed by atoms with E-state index in [2.05, 4.69) is 39.6 Å². The molecule has 0 spiro atoms. The van der Waals surface area contributed by atoms with E-state index in [0.717, 1.165) is 25.0 Å². The largest absolute Gasteiger partial charge is 0.376 e. The highest BCUT2D eigenvalue weighted by Crippen LogP contribution is 2.27. The molecule has 0 aliphatic heterocycles. The van der Waals surface area contributed by atoms with Crippen molar-refractivity contribution >= 4 is 0 Å². The molecule has 0 bridgehead atoms. The number of likely N-dealkylation sites (N-methyl/N-ethyl adjacent to an activating group) is 1. The zero-order valence-corrected chi connectivity index (χ0v) is 10.3. The maximum absolute atomic E-state index is 5.69. The molecule has 0 rings (SSSR count). The van der Waals surface area contributed by atoms with Gasteiger partial charge in [0.15, 0.2) is 0 Å². The highest BCUT2D eigenvalue weighted by atomic mass is 16.5. The molecule has 0 saturated carbocycles. The molecule has 84 valence electrons. The summed E-state index contributed by atoms with van der Waals surface area (Å²) in [7, 11) is 1.79. The van der Waals surface area contributed by atoms with Crippen LogP contribution in [0.4, 0.5) is 0 Å². The number of ether oxygens (including phenoxy) is 1. The van der Waals surface area contributed by atoms with Crippen LogP contribution in [0.15, 0.2) is 12.2 Å². The summed E-state index contributed by atoms with van der Waals surface area (Å²) in [6.45, 7) is 13.5. The lowest BCUT2D eigenvalue weighted by atomic mass is 9.84. The fourth-order valence-electron chi connectivity index (χ4n) is 2.08. The summed E-state index contributed by atoms with van der Waals surface area (Å²) < 4.78 is 5.69. The van der Waals surface area contributed by atoms with Crippen LogP contribution >= 0.6 is 0 Å². The normalized spacial score (nSPS) is 14.1. The molecule has 0 fully saturated rings. The summed E-state index contributed by atoms with van der Waals surface area (Å²) in [5, 5.41) is 3.45. The van der Waals surface area contributed by atoms with Crippen molar-refractivity contribution < 1.29 is 4.74 Å². The highest BCUT2D eigenvalue weighted by molar-refractivity contribution is 5.11. The van der Waals surface area contributed by atoms with E-state index in [1.54, 1.807) is 7.11 Å². The Morgan fingerprint density at radius 3 is 2.07 bits per heavy atom. The Kier molecular flexibility index (Phi) is 6.05. The smallest absolute Gasteiger partial charge is 0.0863 e. The molecule has 1 N–H and O–H groups in total. The lowest BCUT2D eigenvalue weighted by molar-refractivity contribution is -0.0374. The molecule has 0 heterocycles. The number of rotatable bonds is 7. The molecule has 0 aromatic carbocycles. The predicted molar refractivity (Wildman–Crippen MR) is 62.6 cm³/mol. The van der Waals surface area contributed by atoms with Gasteiger partial charge in [0.1, 0.15) is 0 Å². The Morgan fingerprint density at radius 2 is 1.86 bits per heavy atom. The van der Waals surface area contributed by atoms with Crippen molar-refractivity contribution in [3.05, 3.63) is 12.2 Å². The first-order valence-corrected chi connectivity index (χ1v) is 5.51. The second kappa shape index (κ2) is 6.20. The lowest BCUT2D eigenvalue weighted by Crippen LogP contribution is -2.52. The van der Waals surface area contributed by atoms with Gasteiger partial charge in [0.2, 0.25) is 0 Å². The molecule has 0 aromatic heterocycles. The van der Waals surface area contributed by atoms with Crippen LogP contribution in [0.1, 0.15) is 40.5 Å². The molecule has 14 heavy (non-hydrogen) atoms. The number of methoxy groups -OCH3 is 1. The molecule has 1 atom stereocenters. The van der Waals surface area contributed by atoms with E-state index < -0.39 is 0 Å². The highest BCUT2D eigenvalue weighted by Gasteiger charge is 2.35. The van der Waals surface area contributed by atoms with Crippen LogP contribution in [-0.4, -0.2) is 25.3 Å². The molecular formula is C12H25NO. The molecule has 0 saturated heterocycles. The fourth-order valence-corrected chi connectivity index (χ4v) is 2.08. The van der Waals surface area contributed by atoms with Gasteiger partial charge in [-0.25, -0.2) is 0 Å². The van der Waals surface area contributed by atoms with Gasteiger partial charge in [-0.2, -0.15) is 0 Å². The quantitative estimate of drug-likeness (QED) is 0.637. The van der Waals surface area contributed by atoms with E-state index in [4.69, 9.17) is 4.74 Å². The molecule has 0 amide bonds. The first-order chi connectivity index (χ1) is 6.57. The summed E-state index contributed by atoms with van der Waals surface area (Å²) in [5.41, 5.74) is 1.05. The summed E-state index contributed by atoms with van der Waals surface area (Å²) in [5.74, 6) is 0. The third-order valence-corrected chi connectivity index (χ3v) is 3.03. The monoisotopic (exact) mass is 199 g/mol. The molecule has 1 unspecified atom stereocenters. The molecule has 2 nitrogen and oxygen atoms in total. The minimum atomic E-state index is -0.0954. The molecule has 0 aliphatic carbocycles. The van der Waals surface area contributed by atoms with Gasteiger partial charge < -0.3 is 10.1 Å². The molecule has 0 aliphatic rings. The lowest BCUT2D eigenvalue weighted by Gasteiger charge is -2.39. The van der Waals surface area contributed by atoms with Gasteiger partial charge in [0.25, 0.3) is 0 Å². The Labute approximate surface area is 88.7 Å². The van der Waals surface area contributed by atoms with Crippen molar-refractivity contribution in [1.29, 1.82) is 0 Å². The van der Waals surface area contributed by atoms with Crippen molar-refractivity contribution in [2.45, 2.75) is 52.2 Å².